The molecule has 144 valence electrons. The highest BCUT2D eigenvalue weighted by atomic mass is 16.6. The summed E-state index contributed by atoms with van der Waals surface area (Å²) in [5.74, 6) is -0.185. The molecule has 26 heavy (non-hydrogen) atoms. The Hall–Kier alpha value is -2.08. The molecule has 1 heterocycles. The smallest absolute Gasteiger partial charge is 0.408 e. The van der Waals surface area contributed by atoms with Crippen LogP contribution in [-0.2, 0) is 9.53 Å². The van der Waals surface area contributed by atoms with Gasteiger partial charge in [-0.3, -0.25) is 9.69 Å². The van der Waals surface area contributed by atoms with Crippen LogP contribution in [0.3, 0.4) is 0 Å². The number of benzene rings is 1. The third-order valence-electron chi connectivity index (χ3n) is 4.52. The van der Waals surface area contributed by atoms with E-state index in [2.05, 4.69) is 34.6 Å². The number of rotatable bonds is 5. The van der Waals surface area contributed by atoms with E-state index in [0.29, 0.717) is 6.04 Å². The molecular formula is C20H31N3O3. The number of ether oxygens (including phenoxy) is 1. The highest BCUT2D eigenvalue weighted by Gasteiger charge is 2.29. The molecule has 1 aliphatic rings. The first-order chi connectivity index (χ1) is 12.2. The van der Waals surface area contributed by atoms with E-state index >= 15 is 0 Å². The summed E-state index contributed by atoms with van der Waals surface area (Å²) in [6.45, 7) is 11.0. The molecule has 6 nitrogen and oxygen atoms in total. The topological polar surface area (TPSA) is 70.7 Å². The Bertz CT molecular complexity index is 612. The van der Waals surface area contributed by atoms with Crippen molar-refractivity contribution in [3.8, 4) is 0 Å². The van der Waals surface area contributed by atoms with E-state index in [-0.39, 0.29) is 11.9 Å². The monoisotopic (exact) mass is 361 g/mol. The van der Waals surface area contributed by atoms with Crippen LogP contribution in [0.15, 0.2) is 30.3 Å². The van der Waals surface area contributed by atoms with Gasteiger partial charge >= 0.3 is 6.09 Å². The lowest BCUT2D eigenvalue weighted by Crippen LogP contribution is -2.49. The molecule has 0 spiro atoms. The Kier molecular flexibility index (Phi) is 6.64. The van der Waals surface area contributed by atoms with Crippen LogP contribution in [0.25, 0.3) is 0 Å². The number of carbonyl (C=O) groups excluding carboxylic acids is 2. The van der Waals surface area contributed by atoms with Gasteiger partial charge in [-0.05, 0) is 46.6 Å². The summed E-state index contributed by atoms with van der Waals surface area (Å²) in [7, 11) is 0. The molecular weight excluding hydrogens is 330 g/mol. The average Bonchev–Trinajstić information content (AvgIpc) is 3.01. The minimum absolute atomic E-state index is 0.0940. The molecule has 0 radical (unpaired) electrons. The van der Waals surface area contributed by atoms with Crippen molar-refractivity contribution in [2.75, 3.05) is 13.1 Å². The molecule has 2 amide bonds. The third kappa shape index (κ3) is 6.02. The van der Waals surface area contributed by atoms with Crippen LogP contribution in [0, 0.1) is 0 Å². The van der Waals surface area contributed by atoms with Crippen LogP contribution >= 0.6 is 0 Å². The van der Waals surface area contributed by atoms with Gasteiger partial charge in [0, 0.05) is 25.2 Å². The summed E-state index contributed by atoms with van der Waals surface area (Å²) >= 11 is 0. The number of alkyl carbamates (subject to hydrolysis) is 1. The van der Waals surface area contributed by atoms with E-state index in [0.717, 1.165) is 19.5 Å². The van der Waals surface area contributed by atoms with Gasteiger partial charge in [0.1, 0.15) is 11.6 Å². The maximum absolute atomic E-state index is 12.3. The molecule has 2 rings (SSSR count). The third-order valence-corrected chi connectivity index (χ3v) is 4.52. The molecule has 2 unspecified atom stereocenters. The quantitative estimate of drug-likeness (QED) is 0.846. The predicted molar refractivity (Wildman–Crippen MR) is 102 cm³/mol. The molecule has 3 atom stereocenters. The van der Waals surface area contributed by atoms with Gasteiger partial charge in [0.2, 0.25) is 5.91 Å². The maximum Gasteiger partial charge on any atom is 0.408 e. The number of nitrogens with one attached hydrogen (secondary N) is 2. The largest absolute Gasteiger partial charge is 0.444 e. The van der Waals surface area contributed by atoms with Crippen molar-refractivity contribution in [2.24, 2.45) is 0 Å². The lowest BCUT2D eigenvalue weighted by atomic mass is 10.1. The summed E-state index contributed by atoms with van der Waals surface area (Å²) < 4.78 is 5.19. The van der Waals surface area contributed by atoms with Crippen LogP contribution in [0.2, 0.25) is 0 Å². The number of carbonyl (C=O) groups is 2. The van der Waals surface area contributed by atoms with Gasteiger partial charge in [0.15, 0.2) is 0 Å². The number of amides is 2. The fourth-order valence-corrected chi connectivity index (χ4v) is 3.08. The summed E-state index contributed by atoms with van der Waals surface area (Å²) in [6.07, 6.45) is 0.327. The van der Waals surface area contributed by atoms with Crippen LogP contribution in [-0.4, -0.2) is 47.7 Å². The summed E-state index contributed by atoms with van der Waals surface area (Å²) in [5.41, 5.74) is 0.694. The molecule has 1 fully saturated rings. The van der Waals surface area contributed by atoms with E-state index in [1.807, 2.05) is 18.2 Å². The lowest BCUT2D eigenvalue weighted by molar-refractivity contribution is -0.123. The molecule has 0 aromatic heterocycles. The second kappa shape index (κ2) is 8.54. The van der Waals surface area contributed by atoms with Crippen LogP contribution in [0.1, 0.15) is 52.6 Å². The van der Waals surface area contributed by atoms with Crippen molar-refractivity contribution in [3.63, 3.8) is 0 Å². The van der Waals surface area contributed by atoms with E-state index in [1.165, 1.54) is 5.56 Å². The Balaban J connectivity index is 1.80. The first-order valence-electron chi connectivity index (χ1n) is 9.24. The Labute approximate surface area is 156 Å². The maximum atomic E-state index is 12.3. The van der Waals surface area contributed by atoms with Crippen molar-refractivity contribution in [3.05, 3.63) is 35.9 Å². The predicted octanol–water partition coefficient (Wildman–Crippen LogP) is 2.85. The summed E-state index contributed by atoms with van der Waals surface area (Å²) in [5, 5.41) is 5.62. The lowest BCUT2D eigenvalue weighted by Gasteiger charge is -2.25. The number of nitrogens with zero attached hydrogens (tertiary/aromatic N) is 1. The molecule has 0 bridgehead atoms. The van der Waals surface area contributed by atoms with E-state index in [1.54, 1.807) is 27.7 Å². The van der Waals surface area contributed by atoms with E-state index < -0.39 is 17.7 Å². The minimum Gasteiger partial charge on any atom is -0.444 e. The highest BCUT2D eigenvalue weighted by molar-refractivity contribution is 5.85. The van der Waals surface area contributed by atoms with E-state index in [4.69, 9.17) is 4.74 Å². The number of hydrogen-bond acceptors (Lipinski definition) is 4. The molecule has 1 aliphatic heterocycles. The zero-order valence-electron chi connectivity index (χ0n) is 16.4. The summed E-state index contributed by atoms with van der Waals surface area (Å²) in [4.78, 5) is 26.5. The zero-order chi connectivity index (χ0) is 19.3. The molecule has 1 saturated heterocycles. The number of hydrogen-bond donors (Lipinski definition) is 2. The highest BCUT2D eigenvalue weighted by Crippen LogP contribution is 2.24. The molecule has 1 aromatic rings. The fraction of sp³-hybridized carbons (Fsp3) is 0.600. The average molecular weight is 361 g/mol. The van der Waals surface area contributed by atoms with Gasteiger partial charge in [-0.15, -0.1) is 0 Å². The second-order valence-electron chi connectivity index (χ2n) is 7.94. The van der Waals surface area contributed by atoms with Gasteiger partial charge in [-0.25, -0.2) is 4.79 Å². The first kappa shape index (κ1) is 20.2. The number of likely N-dealkylation sites (tertiary alicyclic amines) is 1. The second-order valence-corrected chi connectivity index (χ2v) is 7.94. The molecule has 2 N–H and O–H groups in total. The molecule has 0 saturated carbocycles. The van der Waals surface area contributed by atoms with Crippen molar-refractivity contribution in [1.29, 1.82) is 0 Å². The van der Waals surface area contributed by atoms with Gasteiger partial charge < -0.3 is 15.4 Å². The van der Waals surface area contributed by atoms with Gasteiger partial charge in [-0.2, -0.15) is 0 Å². The molecule has 1 aromatic carbocycles. The fourth-order valence-electron chi connectivity index (χ4n) is 3.08. The van der Waals surface area contributed by atoms with Crippen molar-refractivity contribution >= 4 is 12.0 Å². The van der Waals surface area contributed by atoms with Crippen LogP contribution in [0.4, 0.5) is 4.79 Å². The van der Waals surface area contributed by atoms with Gasteiger partial charge in [0.05, 0.1) is 0 Å². The Morgan fingerprint density at radius 3 is 2.46 bits per heavy atom. The zero-order valence-corrected chi connectivity index (χ0v) is 16.4. The first-order valence-corrected chi connectivity index (χ1v) is 9.24. The van der Waals surface area contributed by atoms with Crippen molar-refractivity contribution in [1.82, 2.24) is 15.5 Å². The normalized spacial score (nSPS) is 20.3. The SMILES string of the molecule is CC(c1ccccc1)N1CCC(NC(=O)[C@@H](C)NC(=O)OC(C)(C)C)C1. The Morgan fingerprint density at radius 2 is 1.85 bits per heavy atom. The van der Waals surface area contributed by atoms with E-state index in [9.17, 15) is 9.59 Å². The summed E-state index contributed by atoms with van der Waals surface area (Å²) in [6, 6.07) is 10.1. The Morgan fingerprint density at radius 1 is 1.19 bits per heavy atom. The van der Waals surface area contributed by atoms with Crippen molar-refractivity contribution < 1.29 is 14.3 Å². The molecule has 0 aliphatic carbocycles. The van der Waals surface area contributed by atoms with Crippen molar-refractivity contribution in [2.45, 2.75) is 64.8 Å². The van der Waals surface area contributed by atoms with Gasteiger partial charge in [0.25, 0.3) is 0 Å². The van der Waals surface area contributed by atoms with Crippen LogP contribution < -0.4 is 10.6 Å². The van der Waals surface area contributed by atoms with Gasteiger partial charge in [-0.1, -0.05) is 30.3 Å². The minimum atomic E-state index is -0.634. The molecule has 6 heteroatoms. The standard InChI is InChI=1S/C20H31N3O3/c1-14(21-19(25)26-20(3,4)5)18(24)22-17-11-12-23(13-17)15(2)16-9-7-6-8-10-16/h6-10,14-15,17H,11-13H2,1-5H3,(H,21,25)(H,22,24)/t14-,15?,17?/m1/s1. The van der Waals surface area contributed by atoms with Crippen LogP contribution in [0.5, 0.6) is 0 Å².